The van der Waals surface area contributed by atoms with E-state index in [0.29, 0.717) is 5.76 Å². The molecule has 3 aromatic rings. The third kappa shape index (κ3) is 3.75. The second kappa shape index (κ2) is 6.62. The maximum absolute atomic E-state index is 11.8. The summed E-state index contributed by atoms with van der Waals surface area (Å²) in [4.78, 5) is 11.8. The Balaban J connectivity index is 1.64. The molecule has 2 aromatic heterocycles. The number of nitrogens with zero attached hydrogens (tertiary/aromatic N) is 2. The molecule has 0 aliphatic rings. The van der Waals surface area contributed by atoms with Gasteiger partial charge in [0.2, 0.25) is 0 Å². The molecule has 2 heterocycles. The highest BCUT2D eigenvalue weighted by Crippen LogP contribution is 2.23. The molecule has 23 heavy (non-hydrogen) atoms. The van der Waals surface area contributed by atoms with Gasteiger partial charge in [0.05, 0.1) is 6.21 Å². The van der Waals surface area contributed by atoms with Gasteiger partial charge in [-0.2, -0.15) is 10.2 Å². The number of amides is 1. The van der Waals surface area contributed by atoms with Crippen LogP contribution in [0.25, 0.3) is 11.3 Å². The Kier molecular flexibility index (Phi) is 4.38. The molecule has 0 aliphatic heterocycles. The minimum atomic E-state index is -0.384. The van der Waals surface area contributed by atoms with E-state index in [0.717, 1.165) is 21.5 Å². The van der Waals surface area contributed by atoms with E-state index in [1.54, 1.807) is 12.1 Å². The van der Waals surface area contributed by atoms with Gasteiger partial charge < -0.3 is 4.42 Å². The number of aromatic amines is 1. The van der Waals surface area contributed by atoms with Crippen molar-refractivity contribution in [1.82, 2.24) is 15.6 Å². The van der Waals surface area contributed by atoms with Crippen molar-refractivity contribution >= 4 is 28.1 Å². The SMILES string of the molecule is Cc1cc(C(=O)N/N=C/c2ccc(-c3ccc(Br)cc3)o2)n[nH]1. The van der Waals surface area contributed by atoms with Crippen LogP contribution >= 0.6 is 15.9 Å². The van der Waals surface area contributed by atoms with Gasteiger partial charge in [-0.1, -0.05) is 28.1 Å². The smallest absolute Gasteiger partial charge is 0.291 e. The number of benzene rings is 1. The summed E-state index contributed by atoms with van der Waals surface area (Å²) in [5, 5.41) is 10.4. The number of hydrogen-bond donors (Lipinski definition) is 2. The molecule has 0 bridgehead atoms. The van der Waals surface area contributed by atoms with Gasteiger partial charge in [0.15, 0.2) is 5.69 Å². The molecular weight excluding hydrogens is 360 g/mol. The van der Waals surface area contributed by atoms with Crippen LogP contribution in [0, 0.1) is 6.92 Å². The van der Waals surface area contributed by atoms with E-state index in [4.69, 9.17) is 4.42 Å². The van der Waals surface area contributed by atoms with Gasteiger partial charge in [0.25, 0.3) is 5.91 Å². The molecule has 1 aromatic carbocycles. The average molecular weight is 373 g/mol. The topological polar surface area (TPSA) is 83.3 Å². The summed E-state index contributed by atoms with van der Waals surface area (Å²) < 4.78 is 6.67. The fourth-order valence-electron chi connectivity index (χ4n) is 1.94. The summed E-state index contributed by atoms with van der Waals surface area (Å²) in [6, 6.07) is 13.1. The van der Waals surface area contributed by atoms with Crippen molar-refractivity contribution in [3.05, 3.63) is 64.1 Å². The lowest BCUT2D eigenvalue weighted by atomic mass is 10.2. The molecule has 0 fully saturated rings. The summed E-state index contributed by atoms with van der Waals surface area (Å²) in [5.74, 6) is 0.889. The lowest BCUT2D eigenvalue weighted by Crippen LogP contribution is -2.17. The highest BCUT2D eigenvalue weighted by Gasteiger charge is 2.08. The van der Waals surface area contributed by atoms with Gasteiger partial charge in [0, 0.05) is 15.7 Å². The van der Waals surface area contributed by atoms with Crippen molar-refractivity contribution in [3.63, 3.8) is 0 Å². The van der Waals surface area contributed by atoms with Gasteiger partial charge in [0.1, 0.15) is 11.5 Å². The van der Waals surface area contributed by atoms with Crippen LogP contribution in [0.1, 0.15) is 21.9 Å². The second-order valence-electron chi connectivity index (χ2n) is 4.84. The number of hydrazone groups is 1. The molecular formula is C16H13BrN4O2. The van der Waals surface area contributed by atoms with Crippen molar-refractivity contribution < 1.29 is 9.21 Å². The fourth-order valence-corrected chi connectivity index (χ4v) is 2.20. The minimum absolute atomic E-state index is 0.287. The molecule has 0 saturated carbocycles. The highest BCUT2D eigenvalue weighted by molar-refractivity contribution is 9.10. The van der Waals surface area contributed by atoms with Crippen LogP contribution in [-0.4, -0.2) is 22.3 Å². The van der Waals surface area contributed by atoms with E-state index in [-0.39, 0.29) is 11.6 Å². The van der Waals surface area contributed by atoms with Crippen LogP contribution in [-0.2, 0) is 0 Å². The summed E-state index contributed by atoms with van der Waals surface area (Å²) in [6.45, 7) is 1.82. The molecule has 3 rings (SSSR count). The number of rotatable bonds is 4. The van der Waals surface area contributed by atoms with Gasteiger partial charge in [-0.25, -0.2) is 5.43 Å². The molecule has 0 saturated heterocycles. The summed E-state index contributed by atoms with van der Waals surface area (Å²) >= 11 is 3.39. The Morgan fingerprint density at radius 1 is 1.30 bits per heavy atom. The lowest BCUT2D eigenvalue weighted by Gasteiger charge is -1.96. The first-order valence-electron chi connectivity index (χ1n) is 6.83. The largest absolute Gasteiger partial charge is 0.455 e. The third-order valence-electron chi connectivity index (χ3n) is 3.05. The second-order valence-corrected chi connectivity index (χ2v) is 5.76. The minimum Gasteiger partial charge on any atom is -0.455 e. The Hall–Kier alpha value is -2.67. The van der Waals surface area contributed by atoms with Crippen molar-refractivity contribution in [2.75, 3.05) is 0 Å². The Labute approximate surface area is 140 Å². The third-order valence-corrected chi connectivity index (χ3v) is 3.58. The van der Waals surface area contributed by atoms with Crippen LogP contribution in [0.3, 0.4) is 0 Å². The molecule has 0 unspecified atom stereocenters. The van der Waals surface area contributed by atoms with Crippen molar-refractivity contribution in [3.8, 4) is 11.3 Å². The van der Waals surface area contributed by atoms with Gasteiger partial charge in [-0.15, -0.1) is 0 Å². The molecule has 7 heteroatoms. The van der Waals surface area contributed by atoms with Crippen molar-refractivity contribution in [1.29, 1.82) is 0 Å². The van der Waals surface area contributed by atoms with Crippen LogP contribution in [0.4, 0.5) is 0 Å². The van der Waals surface area contributed by atoms with E-state index in [1.165, 1.54) is 6.21 Å². The Morgan fingerprint density at radius 2 is 2.09 bits per heavy atom. The van der Waals surface area contributed by atoms with E-state index < -0.39 is 0 Å². The molecule has 116 valence electrons. The first kappa shape index (κ1) is 15.2. The van der Waals surface area contributed by atoms with Gasteiger partial charge in [-0.3, -0.25) is 9.89 Å². The van der Waals surface area contributed by atoms with Crippen LogP contribution in [0.2, 0.25) is 0 Å². The number of carbonyl (C=O) groups excluding carboxylic acids is 1. The molecule has 1 amide bonds. The van der Waals surface area contributed by atoms with E-state index in [1.807, 2.05) is 37.3 Å². The standard InChI is InChI=1S/C16H13BrN4O2/c1-10-8-14(20-19-10)16(22)21-18-9-13-6-7-15(23-13)11-2-4-12(17)5-3-11/h2-9H,1H3,(H,19,20)(H,21,22)/b18-9+. The fraction of sp³-hybridized carbons (Fsp3) is 0.0625. The molecule has 0 atom stereocenters. The zero-order chi connectivity index (χ0) is 16.2. The number of aryl methyl sites for hydroxylation is 1. The maximum atomic E-state index is 11.8. The Bertz CT molecular complexity index is 849. The van der Waals surface area contributed by atoms with Crippen molar-refractivity contribution in [2.24, 2.45) is 5.10 Å². The number of carbonyl (C=O) groups is 1. The van der Waals surface area contributed by atoms with Crippen LogP contribution in [0.15, 0.2) is 56.5 Å². The molecule has 0 spiro atoms. The zero-order valence-electron chi connectivity index (χ0n) is 12.2. The summed E-state index contributed by atoms with van der Waals surface area (Å²) in [5.41, 5.74) is 4.46. The summed E-state index contributed by atoms with van der Waals surface area (Å²) in [6.07, 6.45) is 1.44. The average Bonchev–Trinajstić information content (AvgIpc) is 3.17. The first-order valence-corrected chi connectivity index (χ1v) is 7.62. The highest BCUT2D eigenvalue weighted by atomic mass is 79.9. The quantitative estimate of drug-likeness (QED) is 0.542. The normalized spacial score (nSPS) is 11.0. The van der Waals surface area contributed by atoms with E-state index in [2.05, 4.69) is 36.7 Å². The monoisotopic (exact) mass is 372 g/mol. The Morgan fingerprint density at radius 3 is 2.78 bits per heavy atom. The molecule has 2 N–H and O–H groups in total. The lowest BCUT2D eigenvalue weighted by molar-refractivity contribution is 0.0950. The molecule has 0 radical (unpaired) electrons. The molecule has 6 nitrogen and oxygen atoms in total. The first-order chi connectivity index (χ1) is 11.1. The van der Waals surface area contributed by atoms with Crippen LogP contribution in [0.5, 0.6) is 0 Å². The van der Waals surface area contributed by atoms with Gasteiger partial charge in [-0.05, 0) is 37.3 Å². The van der Waals surface area contributed by atoms with E-state index in [9.17, 15) is 4.79 Å². The summed E-state index contributed by atoms with van der Waals surface area (Å²) in [7, 11) is 0. The van der Waals surface area contributed by atoms with Crippen molar-refractivity contribution in [2.45, 2.75) is 6.92 Å². The number of nitrogens with one attached hydrogen (secondary N) is 2. The maximum Gasteiger partial charge on any atom is 0.291 e. The number of aromatic nitrogens is 2. The van der Waals surface area contributed by atoms with E-state index >= 15 is 0 Å². The number of hydrogen-bond acceptors (Lipinski definition) is 4. The number of furan rings is 1. The van der Waals surface area contributed by atoms with Crippen LogP contribution < -0.4 is 5.43 Å². The zero-order valence-corrected chi connectivity index (χ0v) is 13.8. The molecule has 0 aliphatic carbocycles. The number of H-pyrrole nitrogens is 1. The predicted molar refractivity (Wildman–Crippen MR) is 90.2 cm³/mol. The predicted octanol–water partition coefficient (Wildman–Crippen LogP) is 3.50. The number of halogens is 1. The van der Waals surface area contributed by atoms with Gasteiger partial charge >= 0.3 is 0 Å².